The molecular weight excluding hydrogens is 356 g/mol. The molecule has 3 heteroatoms. The van der Waals surface area contributed by atoms with Crippen LogP contribution in [0.3, 0.4) is 0 Å². The van der Waals surface area contributed by atoms with Crippen LogP contribution in [0.2, 0.25) is 0 Å². The van der Waals surface area contributed by atoms with Crippen LogP contribution in [0.1, 0.15) is 89.3 Å². The first kappa shape index (κ1) is 20.9. The average Bonchev–Trinajstić information content (AvgIpc) is 2.99. The SMILES string of the molecule is CCCC1CCC(C)C(CN2CCC3(CC2)C[C@H](NC(C)=O)c2ccccc23)C1. The van der Waals surface area contributed by atoms with E-state index in [-0.39, 0.29) is 17.4 Å². The van der Waals surface area contributed by atoms with Gasteiger partial charge in [-0.15, -0.1) is 0 Å². The Morgan fingerprint density at radius 1 is 1.21 bits per heavy atom. The lowest BCUT2D eigenvalue weighted by Gasteiger charge is -2.43. The van der Waals surface area contributed by atoms with E-state index in [1.165, 1.54) is 75.7 Å². The number of hydrogen-bond acceptors (Lipinski definition) is 2. The molecule has 4 atom stereocenters. The van der Waals surface area contributed by atoms with Gasteiger partial charge in [0.2, 0.25) is 5.91 Å². The highest BCUT2D eigenvalue weighted by Crippen LogP contribution is 2.51. The van der Waals surface area contributed by atoms with Crippen molar-refractivity contribution in [2.45, 2.75) is 83.6 Å². The van der Waals surface area contributed by atoms with Crippen LogP contribution < -0.4 is 5.32 Å². The minimum atomic E-state index is 0.0900. The second-order valence-electron chi connectivity index (χ2n) is 10.3. The fourth-order valence-corrected chi connectivity index (χ4v) is 6.67. The maximum Gasteiger partial charge on any atom is 0.217 e. The molecule has 0 bridgehead atoms. The monoisotopic (exact) mass is 396 g/mol. The van der Waals surface area contributed by atoms with E-state index >= 15 is 0 Å². The lowest BCUT2D eigenvalue weighted by molar-refractivity contribution is -0.119. The number of fused-ring (bicyclic) bond motifs is 2. The summed E-state index contributed by atoms with van der Waals surface area (Å²) >= 11 is 0. The first-order chi connectivity index (χ1) is 14.0. The first-order valence-electron chi connectivity index (χ1n) is 12.1. The van der Waals surface area contributed by atoms with Crippen molar-refractivity contribution in [1.82, 2.24) is 10.2 Å². The highest BCUT2D eigenvalue weighted by molar-refractivity contribution is 5.73. The number of hydrogen-bond donors (Lipinski definition) is 1. The summed E-state index contributed by atoms with van der Waals surface area (Å²) < 4.78 is 0. The quantitative estimate of drug-likeness (QED) is 0.717. The summed E-state index contributed by atoms with van der Waals surface area (Å²) in [4.78, 5) is 14.5. The number of carbonyl (C=O) groups excluding carboxylic acids is 1. The van der Waals surface area contributed by atoms with Gasteiger partial charge in [0.05, 0.1) is 6.04 Å². The van der Waals surface area contributed by atoms with E-state index in [4.69, 9.17) is 0 Å². The van der Waals surface area contributed by atoms with Crippen LogP contribution in [-0.2, 0) is 10.2 Å². The average molecular weight is 397 g/mol. The molecule has 29 heavy (non-hydrogen) atoms. The van der Waals surface area contributed by atoms with Gasteiger partial charge >= 0.3 is 0 Å². The number of rotatable bonds is 5. The van der Waals surface area contributed by atoms with Crippen LogP contribution in [0.4, 0.5) is 0 Å². The Balaban J connectivity index is 1.39. The summed E-state index contributed by atoms with van der Waals surface area (Å²) in [5.74, 6) is 2.83. The van der Waals surface area contributed by atoms with Gasteiger partial charge in [0.15, 0.2) is 0 Å². The molecule has 0 aromatic heterocycles. The third-order valence-corrected chi connectivity index (χ3v) is 8.35. The Bertz CT molecular complexity index is 706. The van der Waals surface area contributed by atoms with Crippen molar-refractivity contribution in [3.63, 3.8) is 0 Å². The number of nitrogens with one attached hydrogen (secondary N) is 1. The zero-order valence-corrected chi connectivity index (χ0v) is 18.8. The van der Waals surface area contributed by atoms with Gasteiger partial charge in [0.1, 0.15) is 0 Å². The van der Waals surface area contributed by atoms with Gasteiger partial charge in [-0.1, -0.05) is 63.8 Å². The summed E-state index contributed by atoms with van der Waals surface area (Å²) in [7, 11) is 0. The van der Waals surface area contributed by atoms with Crippen molar-refractivity contribution < 1.29 is 4.79 Å². The molecule has 2 fully saturated rings. The summed E-state index contributed by atoms with van der Waals surface area (Å²) in [6, 6.07) is 9.06. The highest BCUT2D eigenvalue weighted by Gasteiger charge is 2.45. The molecule has 1 aromatic carbocycles. The molecule has 1 heterocycles. The van der Waals surface area contributed by atoms with Gasteiger partial charge in [-0.25, -0.2) is 0 Å². The molecule has 1 amide bonds. The molecule has 3 aliphatic rings. The Hall–Kier alpha value is -1.35. The molecule has 1 aromatic rings. The summed E-state index contributed by atoms with van der Waals surface area (Å²) in [6.07, 6.45) is 10.6. The zero-order chi connectivity index (χ0) is 20.4. The van der Waals surface area contributed by atoms with E-state index in [1.807, 2.05) is 0 Å². The Morgan fingerprint density at radius 2 is 1.97 bits per heavy atom. The largest absolute Gasteiger partial charge is 0.349 e. The van der Waals surface area contributed by atoms with Gasteiger partial charge in [-0.3, -0.25) is 4.79 Å². The molecule has 0 radical (unpaired) electrons. The van der Waals surface area contributed by atoms with Crippen LogP contribution in [0.5, 0.6) is 0 Å². The fraction of sp³-hybridized carbons (Fsp3) is 0.731. The van der Waals surface area contributed by atoms with Crippen LogP contribution in [0.25, 0.3) is 0 Å². The van der Waals surface area contributed by atoms with Crippen LogP contribution in [-0.4, -0.2) is 30.4 Å². The van der Waals surface area contributed by atoms with Crippen molar-refractivity contribution in [3.8, 4) is 0 Å². The van der Waals surface area contributed by atoms with Crippen molar-refractivity contribution in [1.29, 1.82) is 0 Å². The first-order valence-corrected chi connectivity index (χ1v) is 12.1. The predicted octanol–water partition coefficient (Wildman–Crippen LogP) is 5.45. The van der Waals surface area contributed by atoms with Crippen molar-refractivity contribution in [3.05, 3.63) is 35.4 Å². The fourth-order valence-electron chi connectivity index (χ4n) is 6.67. The lowest BCUT2D eigenvalue weighted by Crippen LogP contribution is -2.45. The zero-order valence-electron chi connectivity index (χ0n) is 18.8. The number of carbonyl (C=O) groups is 1. The van der Waals surface area contributed by atoms with Gasteiger partial charge in [0.25, 0.3) is 0 Å². The standard InChI is InChI=1S/C26H40N2O/c1-4-7-21-11-10-19(2)22(16-21)18-28-14-12-26(13-15-28)17-25(27-20(3)29)23-8-5-6-9-24(23)26/h5-6,8-9,19,21-22,25H,4,7,10-18H2,1-3H3,(H,27,29)/t19?,21?,22?,25-/m0/s1. The van der Waals surface area contributed by atoms with E-state index < -0.39 is 0 Å². The summed E-state index contributed by atoms with van der Waals surface area (Å²) in [5.41, 5.74) is 3.13. The van der Waals surface area contributed by atoms with Gasteiger partial charge in [-0.2, -0.15) is 0 Å². The second kappa shape index (κ2) is 8.79. The second-order valence-corrected chi connectivity index (χ2v) is 10.3. The van der Waals surface area contributed by atoms with Gasteiger partial charge in [0, 0.05) is 18.9 Å². The molecule has 1 saturated carbocycles. The summed E-state index contributed by atoms with van der Waals surface area (Å²) in [6.45, 7) is 10.2. The third kappa shape index (κ3) is 4.40. The molecule has 3 nitrogen and oxygen atoms in total. The van der Waals surface area contributed by atoms with E-state index in [0.717, 1.165) is 24.2 Å². The Kier molecular flexibility index (Phi) is 6.34. The van der Waals surface area contributed by atoms with Crippen molar-refractivity contribution >= 4 is 5.91 Å². The van der Waals surface area contributed by atoms with Gasteiger partial charge < -0.3 is 10.2 Å². The molecule has 4 rings (SSSR count). The highest BCUT2D eigenvalue weighted by atomic mass is 16.1. The molecule has 3 unspecified atom stereocenters. The van der Waals surface area contributed by atoms with E-state index in [1.54, 1.807) is 6.92 Å². The van der Waals surface area contributed by atoms with Crippen LogP contribution in [0.15, 0.2) is 24.3 Å². The van der Waals surface area contributed by atoms with Crippen LogP contribution in [0, 0.1) is 17.8 Å². The number of benzene rings is 1. The van der Waals surface area contributed by atoms with E-state index in [0.29, 0.717) is 0 Å². The van der Waals surface area contributed by atoms with Gasteiger partial charge in [-0.05, 0) is 67.7 Å². The maximum absolute atomic E-state index is 11.7. The predicted molar refractivity (Wildman–Crippen MR) is 120 cm³/mol. The van der Waals surface area contributed by atoms with E-state index in [2.05, 4.69) is 48.3 Å². The smallest absolute Gasteiger partial charge is 0.217 e. The minimum absolute atomic E-state index is 0.0900. The summed E-state index contributed by atoms with van der Waals surface area (Å²) in [5, 5.41) is 3.22. The van der Waals surface area contributed by atoms with Crippen molar-refractivity contribution in [2.24, 2.45) is 17.8 Å². The topological polar surface area (TPSA) is 32.3 Å². The van der Waals surface area contributed by atoms with Crippen molar-refractivity contribution in [2.75, 3.05) is 19.6 Å². The molecule has 160 valence electrons. The molecule has 1 saturated heterocycles. The number of piperidine rings is 1. The molecule has 1 aliphatic heterocycles. The maximum atomic E-state index is 11.7. The minimum Gasteiger partial charge on any atom is -0.349 e. The number of amides is 1. The molecular formula is C26H40N2O. The Morgan fingerprint density at radius 3 is 2.69 bits per heavy atom. The molecule has 1 N–H and O–H groups in total. The lowest BCUT2D eigenvalue weighted by atomic mass is 9.71. The molecule has 2 aliphatic carbocycles. The number of likely N-dealkylation sites (tertiary alicyclic amines) is 1. The third-order valence-electron chi connectivity index (χ3n) is 8.35. The van der Waals surface area contributed by atoms with Crippen LogP contribution >= 0.6 is 0 Å². The normalized spacial score (nSPS) is 31.6. The number of nitrogens with zero attached hydrogens (tertiary/aromatic N) is 1. The van der Waals surface area contributed by atoms with E-state index in [9.17, 15) is 4.79 Å². The molecule has 1 spiro atoms. The Labute approximate surface area is 177 Å².